The minimum absolute atomic E-state index is 0.0277. The van der Waals surface area contributed by atoms with Gasteiger partial charge < -0.3 is 9.64 Å². The maximum absolute atomic E-state index is 12.8. The number of hydrogen-bond donors (Lipinski definition) is 1. The highest BCUT2D eigenvalue weighted by Gasteiger charge is 2.25. The smallest absolute Gasteiger partial charge is 0.257 e. The molecule has 150 valence electrons. The van der Waals surface area contributed by atoms with Crippen LogP contribution in [0.5, 0.6) is 5.75 Å². The van der Waals surface area contributed by atoms with E-state index in [4.69, 9.17) is 4.74 Å². The normalized spacial score (nSPS) is 15.4. The summed E-state index contributed by atoms with van der Waals surface area (Å²) in [4.78, 5) is 14.6. The van der Waals surface area contributed by atoms with Crippen molar-refractivity contribution in [1.29, 1.82) is 0 Å². The Hall–Kier alpha value is -2.38. The van der Waals surface area contributed by atoms with Gasteiger partial charge in [-0.2, -0.15) is 0 Å². The van der Waals surface area contributed by atoms with E-state index in [1.807, 2.05) is 37.3 Å². The average Bonchev–Trinajstić information content (AvgIpc) is 3.26. The molecule has 1 aliphatic heterocycles. The summed E-state index contributed by atoms with van der Waals surface area (Å²) < 4.78 is 33.5. The molecule has 1 saturated heterocycles. The molecule has 1 N–H and O–H groups in total. The van der Waals surface area contributed by atoms with Crippen LogP contribution in [0.4, 0.5) is 0 Å². The Kier molecular flexibility index (Phi) is 6.36. The third-order valence-corrected chi connectivity index (χ3v) is 6.47. The number of nitrogens with one attached hydrogen (secondary N) is 1. The minimum atomic E-state index is -3.74. The van der Waals surface area contributed by atoms with Crippen LogP contribution in [0.3, 0.4) is 0 Å². The first-order valence-electron chi connectivity index (χ1n) is 9.44. The fourth-order valence-corrected chi connectivity index (χ4v) is 4.49. The highest BCUT2D eigenvalue weighted by molar-refractivity contribution is 7.89. The van der Waals surface area contributed by atoms with E-state index in [1.165, 1.54) is 19.2 Å². The first-order valence-corrected chi connectivity index (χ1v) is 10.9. The highest BCUT2D eigenvalue weighted by atomic mass is 32.2. The van der Waals surface area contributed by atoms with Gasteiger partial charge >= 0.3 is 0 Å². The number of hydrogen-bond acceptors (Lipinski definition) is 4. The molecule has 1 aliphatic rings. The van der Waals surface area contributed by atoms with Gasteiger partial charge in [-0.1, -0.05) is 37.3 Å². The summed E-state index contributed by atoms with van der Waals surface area (Å²) in [5, 5.41) is 0. The minimum Gasteiger partial charge on any atom is -0.496 e. The molecule has 0 saturated carbocycles. The van der Waals surface area contributed by atoms with Gasteiger partial charge in [-0.05, 0) is 42.5 Å². The topological polar surface area (TPSA) is 75.7 Å². The predicted octanol–water partition coefficient (Wildman–Crippen LogP) is 3.01. The fraction of sp³-hybridized carbons (Fsp3) is 0.381. The van der Waals surface area contributed by atoms with Crippen molar-refractivity contribution in [2.24, 2.45) is 0 Å². The number of nitrogens with zero attached hydrogens (tertiary/aromatic N) is 1. The van der Waals surface area contributed by atoms with Gasteiger partial charge in [0.25, 0.3) is 5.91 Å². The van der Waals surface area contributed by atoms with E-state index in [1.54, 1.807) is 11.0 Å². The Morgan fingerprint density at radius 2 is 1.82 bits per heavy atom. The predicted molar refractivity (Wildman–Crippen MR) is 108 cm³/mol. The van der Waals surface area contributed by atoms with Crippen LogP contribution in [0.1, 0.15) is 41.6 Å². The van der Waals surface area contributed by atoms with E-state index in [0.717, 1.165) is 18.4 Å². The standard InChI is InChI=1S/C21H26N2O4S/c1-16(17-8-4-3-5-9-17)15-22-28(25,26)18-10-11-20(27-2)19(14-18)21(24)23-12-6-7-13-23/h3-5,8-11,14,16,22H,6-7,12-13,15H2,1-2H3/t16-/m0/s1. The Bertz CT molecular complexity index is 923. The third kappa shape index (κ3) is 4.54. The van der Waals surface area contributed by atoms with Crippen LogP contribution < -0.4 is 9.46 Å². The van der Waals surface area contributed by atoms with Crippen molar-refractivity contribution in [1.82, 2.24) is 9.62 Å². The van der Waals surface area contributed by atoms with E-state index in [-0.39, 0.29) is 28.8 Å². The molecule has 2 aromatic rings. The lowest BCUT2D eigenvalue weighted by Crippen LogP contribution is -2.30. The van der Waals surface area contributed by atoms with Crippen LogP contribution in [0.2, 0.25) is 0 Å². The Morgan fingerprint density at radius 3 is 2.46 bits per heavy atom. The molecular weight excluding hydrogens is 376 g/mol. The number of carbonyl (C=O) groups excluding carboxylic acids is 1. The van der Waals surface area contributed by atoms with Crippen LogP contribution in [0, 0.1) is 0 Å². The second-order valence-corrected chi connectivity index (χ2v) is 8.79. The van der Waals surface area contributed by atoms with E-state index < -0.39 is 10.0 Å². The molecule has 7 heteroatoms. The van der Waals surface area contributed by atoms with Gasteiger partial charge in [0.05, 0.1) is 17.6 Å². The molecular formula is C21H26N2O4S. The molecule has 0 aliphatic carbocycles. The number of benzene rings is 2. The lowest BCUT2D eigenvalue weighted by molar-refractivity contribution is 0.0789. The molecule has 1 amide bonds. The largest absolute Gasteiger partial charge is 0.496 e. The number of sulfonamides is 1. The van der Waals surface area contributed by atoms with Crippen molar-refractivity contribution in [2.75, 3.05) is 26.7 Å². The number of rotatable bonds is 7. The maximum atomic E-state index is 12.8. The summed E-state index contributed by atoms with van der Waals surface area (Å²) in [6.07, 6.45) is 1.93. The van der Waals surface area contributed by atoms with E-state index >= 15 is 0 Å². The lowest BCUT2D eigenvalue weighted by Gasteiger charge is -2.18. The molecule has 2 aromatic carbocycles. The summed E-state index contributed by atoms with van der Waals surface area (Å²) in [5.41, 5.74) is 1.34. The average molecular weight is 403 g/mol. The first-order chi connectivity index (χ1) is 13.4. The number of methoxy groups -OCH3 is 1. The van der Waals surface area contributed by atoms with Gasteiger partial charge in [0.1, 0.15) is 5.75 Å². The Labute approximate surface area is 166 Å². The summed E-state index contributed by atoms with van der Waals surface area (Å²) in [5.74, 6) is 0.220. The van der Waals surface area contributed by atoms with Crippen molar-refractivity contribution >= 4 is 15.9 Å². The molecule has 6 nitrogen and oxygen atoms in total. The molecule has 0 aromatic heterocycles. The number of ether oxygens (including phenoxy) is 1. The molecule has 1 heterocycles. The van der Waals surface area contributed by atoms with Crippen LogP contribution in [-0.4, -0.2) is 46.0 Å². The van der Waals surface area contributed by atoms with Crippen LogP contribution in [0.25, 0.3) is 0 Å². The Balaban J connectivity index is 1.79. The molecule has 0 spiro atoms. The van der Waals surface area contributed by atoms with Gasteiger partial charge in [0.15, 0.2) is 0 Å². The summed E-state index contributed by atoms with van der Waals surface area (Å²) in [7, 11) is -2.27. The van der Waals surface area contributed by atoms with Crippen LogP contribution in [0.15, 0.2) is 53.4 Å². The summed E-state index contributed by atoms with van der Waals surface area (Å²) in [6.45, 7) is 3.61. The number of likely N-dealkylation sites (tertiary alicyclic amines) is 1. The molecule has 3 rings (SSSR count). The van der Waals surface area contributed by atoms with E-state index in [2.05, 4.69) is 4.72 Å². The summed E-state index contributed by atoms with van der Waals surface area (Å²) >= 11 is 0. The quantitative estimate of drug-likeness (QED) is 0.772. The fourth-order valence-electron chi connectivity index (χ4n) is 3.33. The van der Waals surface area contributed by atoms with E-state index in [9.17, 15) is 13.2 Å². The highest BCUT2D eigenvalue weighted by Crippen LogP contribution is 2.25. The van der Waals surface area contributed by atoms with Crippen molar-refractivity contribution < 1.29 is 17.9 Å². The van der Waals surface area contributed by atoms with E-state index in [0.29, 0.717) is 18.8 Å². The molecule has 0 bridgehead atoms. The maximum Gasteiger partial charge on any atom is 0.257 e. The Morgan fingerprint density at radius 1 is 1.14 bits per heavy atom. The van der Waals surface area contributed by atoms with Gasteiger partial charge in [-0.15, -0.1) is 0 Å². The molecule has 1 fully saturated rings. The SMILES string of the molecule is COc1ccc(S(=O)(=O)NC[C@H](C)c2ccccc2)cc1C(=O)N1CCCC1. The second kappa shape index (κ2) is 8.75. The zero-order valence-corrected chi connectivity index (χ0v) is 17.0. The zero-order valence-electron chi connectivity index (χ0n) is 16.2. The van der Waals surface area contributed by atoms with Gasteiger partial charge in [0.2, 0.25) is 10.0 Å². The first kappa shape index (κ1) is 20.4. The van der Waals surface area contributed by atoms with Crippen molar-refractivity contribution in [3.05, 3.63) is 59.7 Å². The molecule has 1 atom stereocenters. The van der Waals surface area contributed by atoms with Crippen molar-refractivity contribution in [3.63, 3.8) is 0 Å². The molecule has 0 unspecified atom stereocenters. The van der Waals surface area contributed by atoms with Gasteiger partial charge in [0, 0.05) is 19.6 Å². The lowest BCUT2D eigenvalue weighted by atomic mass is 10.0. The molecule has 28 heavy (non-hydrogen) atoms. The van der Waals surface area contributed by atoms with Gasteiger partial charge in [-0.3, -0.25) is 4.79 Å². The number of carbonyl (C=O) groups is 1. The summed E-state index contributed by atoms with van der Waals surface area (Å²) in [6, 6.07) is 14.2. The van der Waals surface area contributed by atoms with Crippen molar-refractivity contribution in [3.8, 4) is 5.75 Å². The van der Waals surface area contributed by atoms with Crippen LogP contribution in [-0.2, 0) is 10.0 Å². The third-order valence-electron chi connectivity index (χ3n) is 5.05. The monoisotopic (exact) mass is 402 g/mol. The van der Waals surface area contributed by atoms with Crippen molar-refractivity contribution in [2.45, 2.75) is 30.6 Å². The molecule has 0 radical (unpaired) electrons. The number of amides is 1. The second-order valence-electron chi connectivity index (χ2n) is 7.03. The zero-order chi connectivity index (χ0) is 20.1. The van der Waals surface area contributed by atoms with Gasteiger partial charge in [-0.25, -0.2) is 13.1 Å². The van der Waals surface area contributed by atoms with Crippen LogP contribution >= 0.6 is 0 Å².